The van der Waals surface area contributed by atoms with E-state index in [2.05, 4.69) is 16.8 Å². The van der Waals surface area contributed by atoms with E-state index < -0.39 is 38.5 Å². The van der Waals surface area contributed by atoms with Gasteiger partial charge in [0.15, 0.2) is 0 Å². The number of carboxylic acids is 1. The molecule has 0 fully saturated rings. The van der Waals surface area contributed by atoms with Gasteiger partial charge in [0.2, 0.25) is 5.91 Å². The van der Waals surface area contributed by atoms with Crippen molar-refractivity contribution < 1.29 is 46.7 Å². The van der Waals surface area contributed by atoms with Crippen LogP contribution in [0.5, 0.6) is 0 Å². The fourth-order valence-corrected chi connectivity index (χ4v) is 2.35. The van der Waals surface area contributed by atoms with Crippen LogP contribution in [0.15, 0.2) is 24.3 Å². The van der Waals surface area contributed by atoms with Crippen LogP contribution in [-0.4, -0.2) is 45.6 Å². The van der Waals surface area contributed by atoms with Crippen molar-refractivity contribution in [2.75, 3.05) is 11.9 Å². The number of aryl methyl sites for hydroxylation is 1. The van der Waals surface area contributed by atoms with Gasteiger partial charge in [-0.1, -0.05) is 38.3 Å². The van der Waals surface area contributed by atoms with E-state index in [4.69, 9.17) is 25.4 Å². The summed E-state index contributed by atoms with van der Waals surface area (Å²) in [5.41, 5.74) is 7.30. The van der Waals surface area contributed by atoms with Crippen LogP contribution in [0.3, 0.4) is 0 Å². The van der Waals surface area contributed by atoms with Crippen LogP contribution in [0.25, 0.3) is 0 Å². The first kappa shape index (κ1) is 28.0. The van der Waals surface area contributed by atoms with Crippen molar-refractivity contribution in [3.63, 3.8) is 0 Å². The van der Waals surface area contributed by atoms with Crippen LogP contribution in [0.2, 0.25) is 0 Å². The lowest BCUT2D eigenvalue weighted by molar-refractivity contribution is -0.192. The lowest BCUT2D eigenvalue weighted by Gasteiger charge is -2.13. The highest BCUT2D eigenvalue weighted by atomic mass is 31.2. The molecule has 0 bridgehead atoms. The van der Waals surface area contributed by atoms with Crippen molar-refractivity contribution in [2.24, 2.45) is 5.73 Å². The molecule has 9 nitrogen and oxygen atoms in total. The summed E-state index contributed by atoms with van der Waals surface area (Å²) in [5.74, 6) is -3.32. The molecule has 0 saturated heterocycles. The van der Waals surface area contributed by atoms with Crippen molar-refractivity contribution in [1.82, 2.24) is 0 Å². The van der Waals surface area contributed by atoms with Gasteiger partial charge in [-0.05, 0) is 30.5 Å². The average Bonchev–Trinajstić information content (AvgIpc) is 2.63. The maximum Gasteiger partial charge on any atom is 0.490 e. The van der Waals surface area contributed by atoms with Crippen molar-refractivity contribution in [3.8, 4) is 0 Å². The van der Waals surface area contributed by atoms with Gasteiger partial charge in [0.25, 0.3) is 0 Å². The maximum atomic E-state index is 11.8. The standard InChI is InChI=1S/C15H25N2O5P.C2HF3O2/c1-2-3-4-5-6-12-7-9-13(10-8-12)17-15(18)14(16)11-22-23(19,20)21;3-2(4,5)1(6)7/h7-10,14H,2-6,11,16H2,1H3,(H,17,18)(H2,19,20,21);(H,6,7)/t14-;/m0./s1. The molecular formula is C17H26F3N2O7P. The molecule has 1 amide bonds. The minimum Gasteiger partial charge on any atom is -0.475 e. The zero-order valence-corrected chi connectivity index (χ0v) is 17.2. The number of anilines is 1. The smallest absolute Gasteiger partial charge is 0.475 e. The molecule has 1 rings (SSSR count). The number of hydrogen-bond acceptors (Lipinski definition) is 5. The molecular weight excluding hydrogens is 432 g/mol. The number of alkyl halides is 3. The second kappa shape index (κ2) is 13.3. The Kier molecular flexibility index (Phi) is 12.5. The van der Waals surface area contributed by atoms with E-state index in [-0.39, 0.29) is 0 Å². The molecule has 0 radical (unpaired) electrons. The van der Waals surface area contributed by atoms with Crippen molar-refractivity contribution in [3.05, 3.63) is 29.8 Å². The number of nitrogens with one attached hydrogen (secondary N) is 1. The molecule has 0 aliphatic carbocycles. The molecule has 6 N–H and O–H groups in total. The summed E-state index contributed by atoms with van der Waals surface area (Å²) in [7, 11) is -4.62. The van der Waals surface area contributed by atoms with Gasteiger partial charge in [-0.15, -0.1) is 0 Å². The lowest BCUT2D eigenvalue weighted by Crippen LogP contribution is -2.39. The van der Waals surface area contributed by atoms with Crippen molar-refractivity contribution in [1.29, 1.82) is 0 Å². The summed E-state index contributed by atoms with van der Waals surface area (Å²) in [5, 5.41) is 9.71. The number of benzene rings is 1. The van der Waals surface area contributed by atoms with Crippen molar-refractivity contribution >= 4 is 25.4 Å². The molecule has 0 aliphatic rings. The molecule has 0 unspecified atom stereocenters. The largest absolute Gasteiger partial charge is 0.490 e. The van der Waals surface area contributed by atoms with Gasteiger partial charge in [-0.25, -0.2) is 9.36 Å². The predicted octanol–water partition coefficient (Wildman–Crippen LogP) is 2.82. The Balaban J connectivity index is 0.00000103. The third-order valence-electron chi connectivity index (χ3n) is 3.54. The lowest BCUT2D eigenvalue weighted by atomic mass is 10.1. The Morgan fingerprint density at radius 2 is 1.70 bits per heavy atom. The van der Waals surface area contributed by atoms with E-state index in [0.717, 1.165) is 12.8 Å². The monoisotopic (exact) mass is 458 g/mol. The number of aliphatic carboxylic acids is 1. The highest BCUT2D eigenvalue weighted by molar-refractivity contribution is 7.46. The predicted molar refractivity (Wildman–Crippen MR) is 103 cm³/mol. The molecule has 13 heteroatoms. The van der Waals surface area contributed by atoms with Crippen LogP contribution in [0.1, 0.15) is 38.2 Å². The van der Waals surface area contributed by atoms with Crippen LogP contribution >= 0.6 is 7.82 Å². The molecule has 172 valence electrons. The number of amides is 1. The van der Waals surface area contributed by atoms with Gasteiger partial charge < -0.3 is 25.9 Å². The summed E-state index contributed by atoms with van der Waals surface area (Å²) in [4.78, 5) is 37.8. The third kappa shape index (κ3) is 14.1. The Bertz CT molecular complexity index is 708. The number of nitrogens with two attached hydrogens (primary N) is 1. The molecule has 1 aromatic rings. The second-order valence-electron chi connectivity index (χ2n) is 6.19. The number of phosphoric acid groups is 1. The van der Waals surface area contributed by atoms with E-state index in [0.29, 0.717) is 5.69 Å². The van der Waals surface area contributed by atoms with Crippen LogP contribution in [0, 0.1) is 0 Å². The average molecular weight is 458 g/mol. The normalized spacial score (nSPS) is 12.5. The van der Waals surface area contributed by atoms with Gasteiger partial charge in [0.05, 0.1) is 6.61 Å². The highest BCUT2D eigenvalue weighted by Crippen LogP contribution is 2.35. The second-order valence-corrected chi connectivity index (χ2v) is 7.43. The maximum absolute atomic E-state index is 11.8. The quantitative estimate of drug-likeness (QED) is 0.264. The van der Waals surface area contributed by atoms with E-state index in [9.17, 15) is 22.5 Å². The van der Waals surface area contributed by atoms with Gasteiger partial charge in [0, 0.05) is 5.69 Å². The zero-order chi connectivity index (χ0) is 23.4. The minimum absolute atomic E-state index is 0.550. The summed E-state index contributed by atoms with van der Waals surface area (Å²) in [6.07, 6.45) is 0.719. The van der Waals surface area contributed by atoms with E-state index in [1.807, 2.05) is 12.1 Å². The number of carboxylic acid groups (broad SMARTS) is 1. The van der Waals surface area contributed by atoms with E-state index in [1.54, 1.807) is 12.1 Å². The first-order valence-electron chi connectivity index (χ1n) is 8.91. The van der Waals surface area contributed by atoms with E-state index >= 15 is 0 Å². The topological polar surface area (TPSA) is 159 Å². The van der Waals surface area contributed by atoms with E-state index in [1.165, 1.54) is 24.8 Å². The fraction of sp³-hybridized carbons (Fsp3) is 0.529. The van der Waals surface area contributed by atoms with Gasteiger partial charge in [-0.2, -0.15) is 13.2 Å². The first-order chi connectivity index (χ1) is 13.8. The highest BCUT2D eigenvalue weighted by Gasteiger charge is 2.38. The molecule has 1 aromatic carbocycles. The number of hydrogen-bond donors (Lipinski definition) is 5. The number of halogens is 3. The summed E-state index contributed by atoms with van der Waals surface area (Å²) < 4.78 is 46.5. The number of carbonyl (C=O) groups is 2. The SMILES string of the molecule is CCCCCCc1ccc(NC(=O)[C@@H](N)COP(=O)(O)O)cc1.O=C(O)C(F)(F)F. The molecule has 30 heavy (non-hydrogen) atoms. The van der Waals surface area contributed by atoms with Gasteiger partial charge in [-0.3, -0.25) is 9.32 Å². The molecule has 0 spiro atoms. The Morgan fingerprint density at radius 3 is 2.13 bits per heavy atom. The third-order valence-corrected chi connectivity index (χ3v) is 4.03. The summed E-state index contributed by atoms with van der Waals surface area (Å²) in [6.45, 7) is 1.62. The van der Waals surface area contributed by atoms with Crippen LogP contribution in [0.4, 0.5) is 18.9 Å². The number of rotatable bonds is 10. The Labute approximate surface area is 171 Å². The molecule has 0 saturated carbocycles. The molecule has 0 aromatic heterocycles. The Morgan fingerprint density at radius 1 is 1.17 bits per heavy atom. The van der Waals surface area contributed by atoms with Gasteiger partial charge in [0.1, 0.15) is 6.04 Å². The van der Waals surface area contributed by atoms with Crippen molar-refractivity contribution in [2.45, 2.75) is 51.2 Å². The summed E-state index contributed by atoms with van der Waals surface area (Å²) >= 11 is 0. The number of unbranched alkanes of at least 4 members (excludes halogenated alkanes) is 3. The number of carbonyl (C=O) groups excluding carboxylic acids is 1. The first-order valence-corrected chi connectivity index (χ1v) is 10.4. The molecule has 0 aliphatic heterocycles. The Hall–Kier alpha value is -1.98. The molecule has 1 atom stereocenters. The summed E-state index contributed by atoms with van der Waals surface area (Å²) in [6, 6.07) is 6.29. The number of phosphoric ester groups is 1. The fourth-order valence-electron chi connectivity index (χ4n) is 2.00. The molecule has 0 heterocycles. The van der Waals surface area contributed by atoms with Crippen LogP contribution < -0.4 is 11.1 Å². The zero-order valence-electron chi connectivity index (χ0n) is 16.3. The minimum atomic E-state index is -5.08. The van der Waals surface area contributed by atoms with Crippen LogP contribution in [-0.2, 0) is 25.1 Å². The van der Waals surface area contributed by atoms with Gasteiger partial charge >= 0.3 is 20.0 Å².